The van der Waals surface area contributed by atoms with Crippen LogP contribution in [0.2, 0.25) is 0 Å². The number of aromatic hydroxyl groups is 1. The normalized spacial score (nSPS) is 11.7. The summed E-state index contributed by atoms with van der Waals surface area (Å²) >= 11 is 0. The molecule has 2 aromatic heterocycles. The second-order valence-corrected chi connectivity index (χ2v) is 9.51. The number of rotatable bonds is 9. The first kappa shape index (κ1) is 23.6. The first-order valence-corrected chi connectivity index (χ1v) is 12.1. The fourth-order valence-electron chi connectivity index (χ4n) is 3.47. The van der Waals surface area contributed by atoms with Gasteiger partial charge in [-0.1, -0.05) is 12.1 Å². The lowest BCUT2D eigenvalue weighted by molar-refractivity contribution is 0.477. The monoisotopic (exact) mass is 487 g/mol. The molecular weight excluding hydrogens is 464 g/mol. The first-order valence-electron chi connectivity index (χ1n) is 10.6. The molecule has 0 saturated carbocycles. The van der Waals surface area contributed by atoms with E-state index in [2.05, 4.69) is 20.1 Å². The number of benzene rings is 2. The van der Waals surface area contributed by atoms with Crippen molar-refractivity contribution in [2.24, 2.45) is 0 Å². The highest BCUT2D eigenvalue weighted by molar-refractivity contribution is 7.89. The van der Waals surface area contributed by atoms with Crippen molar-refractivity contribution in [2.45, 2.75) is 24.7 Å². The van der Waals surface area contributed by atoms with Crippen molar-refractivity contribution in [3.8, 4) is 17.0 Å². The number of anilines is 1. The fourth-order valence-corrected chi connectivity index (χ4v) is 4.58. The number of phenols is 1. The van der Waals surface area contributed by atoms with Gasteiger partial charge in [0.25, 0.3) is 0 Å². The Morgan fingerprint density at radius 2 is 1.74 bits per heavy atom. The molecule has 34 heavy (non-hydrogen) atoms. The first-order chi connectivity index (χ1) is 16.2. The van der Waals surface area contributed by atoms with Gasteiger partial charge in [-0.3, -0.25) is 0 Å². The van der Waals surface area contributed by atoms with Crippen molar-refractivity contribution < 1.29 is 22.3 Å². The number of unbranched alkanes of at least 4 members (excludes halogenated alkanes) is 1. The number of hydrogen-bond donors (Lipinski definition) is 3. The van der Waals surface area contributed by atoms with Crippen LogP contribution in [0.4, 0.5) is 14.6 Å². The molecule has 0 unspecified atom stereocenters. The number of aromatic nitrogens is 3. The number of para-hydroxylation sites is 1. The molecule has 0 aliphatic heterocycles. The average Bonchev–Trinajstić information content (AvgIpc) is 3.16. The molecule has 0 radical (unpaired) electrons. The van der Waals surface area contributed by atoms with E-state index in [1.54, 1.807) is 35.0 Å². The van der Waals surface area contributed by atoms with E-state index in [1.807, 2.05) is 13.0 Å². The Morgan fingerprint density at radius 1 is 1.03 bits per heavy atom. The molecule has 8 nitrogen and oxygen atoms in total. The van der Waals surface area contributed by atoms with Gasteiger partial charge in [0.05, 0.1) is 16.8 Å². The molecule has 2 aromatic carbocycles. The Hall–Kier alpha value is -3.57. The summed E-state index contributed by atoms with van der Waals surface area (Å²) in [6.45, 7) is 2.51. The smallest absolute Gasteiger partial charge is 0.240 e. The Balaban J connectivity index is 1.39. The largest absolute Gasteiger partial charge is 0.507 e. The molecule has 0 aliphatic carbocycles. The number of fused-ring (bicyclic) bond motifs is 1. The molecule has 2 heterocycles. The van der Waals surface area contributed by atoms with Crippen molar-refractivity contribution in [1.29, 1.82) is 0 Å². The van der Waals surface area contributed by atoms with Crippen LogP contribution in [0.25, 0.3) is 16.9 Å². The van der Waals surface area contributed by atoms with E-state index in [4.69, 9.17) is 0 Å². The highest BCUT2D eigenvalue weighted by atomic mass is 32.2. The maximum Gasteiger partial charge on any atom is 0.240 e. The van der Waals surface area contributed by atoms with Gasteiger partial charge in [-0.25, -0.2) is 26.9 Å². The standard InChI is InChI=1S/C23H23F2N5O3S/c1-15-14-27-30-22(13-20(29-23(15)30)19-6-2-3-7-21(19)31)26-8-4-5-9-28-34(32,33)18-11-16(24)10-17(25)12-18/h2-3,6-7,10-14,26,28,31H,4-5,8-9H2,1H3. The molecule has 0 amide bonds. The molecule has 0 atom stereocenters. The van der Waals surface area contributed by atoms with Gasteiger partial charge in [0.2, 0.25) is 10.0 Å². The quantitative estimate of drug-likeness (QED) is 0.310. The zero-order chi connectivity index (χ0) is 24.3. The minimum atomic E-state index is -4.01. The molecule has 0 spiro atoms. The molecule has 178 valence electrons. The lowest BCUT2D eigenvalue weighted by Crippen LogP contribution is -2.25. The minimum Gasteiger partial charge on any atom is -0.507 e. The van der Waals surface area contributed by atoms with E-state index in [1.165, 1.54) is 0 Å². The Labute approximate surface area is 195 Å². The zero-order valence-electron chi connectivity index (χ0n) is 18.3. The van der Waals surface area contributed by atoms with Gasteiger partial charge in [-0.05, 0) is 44.0 Å². The highest BCUT2D eigenvalue weighted by Crippen LogP contribution is 2.30. The topological polar surface area (TPSA) is 109 Å². The zero-order valence-corrected chi connectivity index (χ0v) is 19.1. The summed E-state index contributed by atoms with van der Waals surface area (Å²) in [6.07, 6.45) is 2.80. The predicted molar refractivity (Wildman–Crippen MR) is 124 cm³/mol. The molecule has 4 rings (SSSR count). The van der Waals surface area contributed by atoms with Crippen LogP contribution in [-0.4, -0.2) is 41.2 Å². The third kappa shape index (κ3) is 5.15. The SMILES string of the molecule is Cc1cnn2c(NCCCCNS(=O)(=O)c3cc(F)cc(F)c3)cc(-c3ccccc3O)nc12. The molecule has 4 aromatic rings. The van der Waals surface area contributed by atoms with Gasteiger partial charge in [-0.2, -0.15) is 9.61 Å². The van der Waals surface area contributed by atoms with E-state index in [9.17, 15) is 22.3 Å². The molecule has 0 saturated heterocycles. The molecular formula is C23H23F2N5O3S. The van der Waals surface area contributed by atoms with Crippen molar-refractivity contribution in [3.05, 3.63) is 71.9 Å². The summed E-state index contributed by atoms with van der Waals surface area (Å²) in [5.41, 5.74) is 2.71. The summed E-state index contributed by atoms with van der Waals surface area (Å²) in [4.78, 5) is 4.17. The van der Waals surface area contributed by atoms with Crippen molar-refractivity contribution in [2.75, 3.05) is 18.4 Å². The molecule has 3 N–H and O–H groups in total. The van der Waals surface area contributed by atoms with Crippen molar-refractivity contribution in [3.63, 3.8) is 0 Å². The van der Waals surface area contributed by atoms with E-state index in [-0.39, 0.29) is 12.3 Å². The van der Waals surface area contributed by atoms with Crippen LogP contribution in [0.15, 0.2) is 59.6 Å². The van der Waals surface area contributed by atoms with Crippen molar-refractivity contribution >= 4 is 21.5 Å². The molecule has 0 fully saturated rings. The average molecular weight is 488 g/mol. The van der Waals surface area contributed by atoms with Crippen molar-refractivity contribution in [1.82, 2.24) is 19.3 Å². The van der Waals surface area contributed by atoms with Gasteiger partial charge < -0.3 is 10.4 Å². The predicted octanol–water partition coefficient (Wildman–Crippen LogP) is 3.86. The maximum absolute atomic E-state index is 13.3. The lowest BCUT2D eigenvalue weighted by atomic mass is 10.1. The van der Waals surface area contributed by atoms with Gasteiger partial charge in [0, 0.05) is 36.3 Å². The fraction of sp³-hybridized carbons (Fsp3) is 0.217. The lowest BCUT2D eigenvalue weighted by Gasteiger charge is -2.12. The molecule has 0 aliphatic rings. The van der Waals surface area contributed by atoms with E-state index in [0.29, 0.717) is 48.2 Å². The molecule has 0 bridgehead atoms. The van der Waals surface area contributed by atoms with Crippen LogP contribution in [-0.2, 0) is 10.0 Å². The van der Waals surface area contributed by atoms with Crippen LogP contribution in [0.1, 0.15) is 18.4 Å². The Kier molecular flexibility index (Phi) is 6.75. The van der Waals surface area contributed by atoms with Crippen LogP contribution in [0.5, 0.6) is 5.75 Å². The summed E-state index contributed by atoms with van der Waals surface area (Å²) in [7, 11) is -4.01. The summed E-state index contributed by atoms with van der Waals surface area (Å²) in [5, 5.41) is 17.8. The van der Waals surface area contributed by atoms with Gasteiger partial charge in [-0.15, -0.1) is 0 Å². The third-order valence-corrected chi connectivity index (χ3v) is 6.62. The summed E-state index contributed by atoms with van der Waals surface area (Å²) in [6, 6.07) is 10.9. The van der Waals surface area contributed by atoms with Crippen LogP contribution in [0, 0.1) is 18.6 Å². The van der Waals surface area contributed by atoms with Gasteiger partial charge in [0.15, 0.2) is 5.65 Å². The number of hydrogen-bond acceptors (Lipinski definition) is 6. The summed E-state index contributed by atoms with van der Waals surface area (Å²) < 4.78 is 55.1. The number of phenolic OH excluding ortho intramolecular Hbond substituents is 1. The van der Waals surface area contributed by atoms with Crippen LogP contribution in [0.3, 0.4) is 0 Å². The minimum absolute atomic E-state index is 0.109. The van der Waals surface area contributed by atoms with E-state index < -0.39 is 26.6 Å². The van der Waals surface area contributed by atoms with Crippen LogP contribution < -0.4 is 10.0 Å². The number of nitrogens with one attached hydrogen (secondary N) is 2. The highest BCUT2D eigenvalue weighted by Gasteiger charge is 2.16. The number of halogens is 2. The second kappa shape index (κ2) is 9.74. The Bertz CT molecular complexity index is 1420. The Morgan fingerprint density at radius 3 is 2.47 bits per heavy atom. The summed E-state index contributed by atoms with van der Waals surface area (Å²) in [5.74, 6) is -1.12. The van der Waals surface area contributed by atoms with E-state index in [0.717, 1.165) is 17.7 Å². The van der Waals surface area contributed by atoms with Gasteiger partial charge >= 0.3 is 0 Å². The number of nitrogens with zero attached hydrogens (tertiary/aromatic N) is 3. The second-order valence-electron chi connectivity index (χ2n) is 7.74. The maximum atomic E-state index is 13.3. The third-order valence-electron chi connectivity index (χ3n) is 5.18. The number of sulfonamides is 1. The van der Waals surface area contributed by atoms with Crippen LogP contribution >= 0.6 is 0 Å². The van der Waals surface area contributed by atoms with E-state index >= 15 is 0 Å². The number of aryl methyl sites for hydroxylation is 1. The van der Waals surface area contributed by atoms with Gasteiger partial charge in [0.1, 0.15) is 23.2 Å². The molecule has 11 heteroatoms.